The summed E-state index contributed by atoms with van der Waals surface area (Å²) in [5.74, 6) is 0. The molecule has 0 saturated carbocycles. The first-order chi connectivity index (χ1) is 10.4. The van der Waals surface area contributed by atoms with Gasteiger partial charge in [0.25, 0.3) is 0 Å². The molecular weight excluding hydrogens is 263 g/mol. The van der Waals surface area contributed by atoms with Crippen LogP contribution in [0, 0.1) is 0 Å². The maximum Gasteiger partial charge on any atom is 1.00 e. The van der Waals surface area contributed by atoms with Gasteiger partial charge in [-0.3, -0.25) is 4.98 Å². The zero-order valence-electron chi connectivity index (χ0n) is 12.6. The van der Waals surface area contributed by atoms with Gasteiger partial charge in [-0.1, -0.05) is 66.7 Å². The minimum absolute atomic E-state index is 0. The summed E-state index contributed by atoms with van der Waals surface area (Å²) in [6.07, 6.45) is 7.12. The molecule has 1 atom stereocenters. The van der Waals surface area contributed by atoms with Gasteiger partial charge >= 0.3 is 18.9 Å². The van der Waals surface area contributed by atoms with Gasteiger partial charge in [0, 0.05) is 6.20 Å². The number of hydrogen-bond acceptors (Lipinski definition) is 1. The number of aromatic nitrogens is 1. The quantitative estimate of drug-likeness (QED) is 0.658. The van der Waals surface area contributed by atoms with Crippen LogP contribution in [0.5, 0.6) is 0 Å². The monoisotopic (exact) mass is 278 g/mol. The van der Waals surface area contributed by atoms with Crippen molar-refractivity contribution in [1.29, 1.82) is 0 Å². The zero-order valence-corrected chi connectivity index (χ0v) is 12.6. The van der Waals surface area contributed by atoms with Gasteiger partial charge in [0.2, 0.25) is 0 Å². The van der Waals surface area contributed by atoms with Crippen LogP contribution in [0.15, 0.2) is 66.9 Å². The largest absolute Gasteiger partial charge is 1.00 e. The van der Waals surface area contributed by atoms with Crippen LogP contribution >= 0.6 is 0 Å². The molecule has 0 amide bonds. The first kappa shape index (κ1) is 14.9. The van der Waals surface area contributed by atoms with Gasteiger partial charge in [0.1, 0.15) is 0 Å². The smallest absolute Gasteiger partial charge is 0.676 e. The molecular formula is C19H15LiN2. The van der Waals surface area contributed by atoms with Gasteiger partial charge < -0.3 is 5.32 Å². The van der Waals surface area contributed by atoms with E-state index in [9.17, 15) is 0 Å². The van der Waals surface area contributed by atoms with E-state index in [1.165, 1.54) is 5.56 Å². The Morgan fingerprint density at radius 3 is 2.68 bits per heavy atom. The molecule has 0 aliphatic carbocycles. The second-order valence-corrected chi connectivity index (χ2v) is 5.32. The number of pyridine rings is 1. The van der Waals surface area contributed by atoms with Crippen molar-refractivity contribution in [3.63, 3.8) is 0 Å². The molecule has 1 aromatic heterocycles. The predicted octanol–water partition coefficient (Wildman–Crippen LogP) is 1.88. The van der Waals surface area contributed by atoms with E-state index < -0.39 is 0 Å². The second kappa shape index (κ2) is 6.40. The first-order valence-corrected chi connectivity index (χ1v) is 7.21. The van der Waals surface area contributed by atoms with Crippen molar-refractivity contribution in [2.45, 2.75) is 12.5 Å². The average molecular weight is 278 g/mol. The fourth-order valence-electron chi connectivity index (χ4n) is 2.81. The van der Waals surface area contributed by atoms with Crippen molar-refractivity contribution < 1.29 is 18.9 Å². The van der Waals surface area contributed by atoms with Gasteiger partial charge in [-0.25, -0.2) is 0 Å². The third-order valence-corrected chi connectivity index (χ3v) is 3.86. The van der Waals surface area contributed by atoms with E-state index in [2.05, 4.69) is 59.6 Å². The van der Waals surface area contributed by atoms with Crippen LogP contribution in [0.2, 0.25) is 0 Å². The standard InChI is InChI=1S/C19H15N2.Li/c1-2-5-14(6-3-1)13-17-11-10-16-9-8-15-7-4-12-20-18(15)19(16)21-17;/h1-12,17H,13H2;/q-1;+1. The van der Waals surface area contributed by atoms with Crippen LogP contribution in [0.25, 0.3) is 22.3 Å². The molecule has 1 aliphatic heterocycles. The van der Waals surface area contributed by atoms with E-state index in [4.69, 9.17) is 5.32 Å². The number of benzene rings is 2. The Bertz CT molecular complexity index is 812. The van der Waals surface area contributed by atoms with Crippen LogP contribution in [0.1, 0.15) is 11.1 Å². The molecule has 2 heterocycles. The molecule has 0 saturated heterocycles. The van der Waals surface area contributed by atoms with E-state index in [-0.39, 0.29) is 24.9 Å². The summed E-state index contributed by atoms with van der Waals surface area (Å²) >= 11 is 0. The van der Waals surface area contributed by atoms with Crippen molar-refractivity contribution in [1.82, 2.24) is 4.98 Å². The molecule has 0 fully saturated rings. The van der Waals surface area contributed by atoms with Crippen molar-refractivity contribution >= 4 is 22.7 Å². The molecule has 1 aliphatic rings. The summed E-state index contributed by atoms with van der Waals surface area (Å²) in [6.45, 7) is 0. The molecule has 2 aromatic carbocycles. The molecule has 3 aromatic rings. The predicted molar refractivity (Wildman–Crippen MR) is 87.7 cm³/mol. The van der Waals surface area contributed by atoms with Gasteiger partial charge in [-0.2, -0.15) is 0 Å². The third-order valence-electron chi connectivity index (χ3n) is 3.86. The van der Waals surface area contributed by atoms with Crippen LogP contribution in [-0.4, -0.2) is 11.0 Å². The molecule has 0 bridgehead atoms. The average Bonchev–Trinajstić information content (AvgIpc) is 2.56. The van der Waals surface area contributed by atoms with E-state index in [0.717, 1.165) is 28.6 Å². The zero-order chi connectivity index (χ0) is 14.1. The topological polar surface area (TPSA) is 27.0 Å². The van der Waals surface area contributed by atoms with Crippen molar-refractivity contribution in [3.05, 3.63) is 83.3 Å². The number of fused-ring (bicyclic) bond motifs is 3. The summed E-state index contributed by atoms with van der Waals surface area (Å²) < 4.78 is 0. The molecule has 3 heteroatoms. The number of hydrogen-bond donors (Lipinski definition) is 0. The summed E-state index contributed by atoms with van der Waals surface area (Å²) in [5, 5.41) is 6.07. The van der Waals surface area contributed by atoms with E-state index in [1.54, 1.807) is 0 Å². The van der Waals surface area contributed by atoms with Crippen LogP contribution in [-0.2, 0) is 6.42 Å². The van der Waals surface area contributed by atoms with E-state index in [0.29, 0.717) is 0 Å². The van der Waals surface area contributed by atoms with Gasteiger partial charge in [-0.15, -0.1) is 5.69 Å². The molecule has 2 nitrogen and oxygen atoms in total. The minimum atomic E-state index is 0. The van der Waals surface area contributed by atoms with Gasteiger partial charge in [-0.05, 0) is 29.0 Å². The molecule has 0 N–H and O–H groups in total. The summed E-state index contributed by atoms with van der Waals surface area (Å²) in [7, 11) is 0. The molecule has 1 unspecified atom stereocenters. The molecule has 0 radical (unpaired) electrons. The van der Waals surface area contributed by atoms with E-state index in [1.807, 2.05) is 18.3 Å². The fourth-order valence-corrected chi connectivity index (χ4v) is 2.81. The Morgan fingerprint density at radius 1 is 0.955 bits per heavy atom. The Morgan fingerprint density at radius 2 is 1.82 bits per heavy atom. The second-order valence-electron chi connectivity index (χ2n) is 5.32. The number of nitrogens with zero attached hydrogens (tertiary/aromatic N) is 2. The van der Waals surface area contributed by atoms with Gasteiger partial charge in [0.05, 0.1) is 5.52 Å². The van der Waals surface area contributed by atoms with E-state index >= 15 is 0 Å². The molecule has 22 heavy (non-hydrogen) atoms. The summed E-state index contributed by atoms with van der Waals surface area (Å²) in [6, 6.07) is 19.0. The third kappa shape index (κ3) is 2.81. The minimum Gasteiger partial charge on any atom is -0.676 e. The van der Waals surface area contributed by atoms with Gasteiger partial charge in [0.15, 0.2) is 0 Å². The molecule has 102 valence electrons. The van der Waals surface area contributed by atoms with Crippen molar-refractivity contribution in [2.24, 2.45) is 0 Å². The fraction of sp³-hybridized carbons (Fsp3) is 0.105. The van der Waals surface area contributed by atoms with Crippen molar-refractivity contribution in [2.75, 3.05) is 0 Å². The van der Waals surface area contributed by atoms with Crippen LogP contribution < -0.4 is 18.9 Å². The SMILES string of the molecule is C1=CC(Cc2ccccc2)[N-]c2c1ccc1cccnc21.[Li+]. The van der Waals surface area contributed by atoms with Crippen LogP contribution in [0.4, 0.5) is 5.69 Å². The first-order valence-electron chi connectivity index (χ1n) is 7.21. The molecule has 4 rings (SSSR count). The maximum absolute atomic E-state index is 4.92. The summed E-state index contributed by atoms with van der Waals surface area (Å²) in [5.41, 5.74) is 4.49. The number of rotatable bonds is 2. The van der Waals surface area contributed by atoms with Crippen LogP contribution in [0.3, 0.4) is 0 Å². The molecule has 0 spiro atoms. The Labute approximate surface area is 142 Å². The van der Waals surface area contributed by atoms with Crippen molar-refractivity contribution in [3.8, 4) is 0 Å². The normalized spacial score (nSPS) is 15.7. The summed E-state index contributed by atoms with van der Waals surface area (Å²) in [4.78, 5) is 4.51. The Hall–Kier alpha value is -2.01. The Balaban J connectivity index is 0.00000144. The maximum atomic E-state index is 4.92. The Kier molecular flexibility index (Phi) is 4.33.